The van der Waals surface area contributed by atoms with E-state index in [1.165, 1.54) is 16.4 Å². The van der Waals surface area contributed by atoms with Crippen LogP contribution < -0.4 is 4.74 Å². The van der Waals surface area contributed by atoms with Crippen molar-refractivity contribution in [3.63, 3.8) is 0 Å². The molecule has 1 saturated heterocycles. The van der Waals surface area contributed by atoms with Gasteiger partial charge in [-0.3, -0.25) is 15.1 Å². The first kappa shape index (κ1) is 18.3. The standard InChI is InChI=1S/C17H19N3O5S/c1-13-4-5-14(20(21)22)11-17(13)26(23,24)19-9-6-15(7-10-19)25-16-3-2-8-18-12-16/h2-5,8,11-12,15H,6-7,9-10H2,1H3. The first-order valence-corrected chi connectivity index (χ1v) is 9.64. The SMILES string of the molecule is Cc1ccc([N+](=O)[O-])cc1S(=O)(=O)N1CCC(Oc2cccnc2)CC1. The summed E-state index contributed by atoms with van der Waals surface area (Å²) in [6.07, 6.45) is 4.28. The molecule has 9 heteroatoms. The minimum absolute atomic E-state index is 0.0154. The Hall–Kier alpha value is -2.52. The van der Waals surface area contributed by atoms with E-state index in [-0.39, 0.29) is 16.7 Å². The fraction of sp³-hybridized carbons (Fsp3) is 0.353. The minimum Gasteiger partial charge on any atom is -0.489 e. The lowest BCUT2D eigenvalue weighted by Gasteiger charge is -2.31. The van der Waals surface area contributed by atoms with Crippen LogP contribution in [0.1, 0.15) is 18.4 Å². The quantitative estimate of drug-likeness (QED) is 0.586. The van der Waals surface area contributed by atoms with Crippen LogP contribution in [0.25, 0.3) is 0 Å². The lowest BCUT2D eigenvalue weighted by Crippen LogP contribution is -2.41. The van der Waals surface area contributed by atoms with E-state index < -0.39 is 14.9 Å². The predicted octanol–water partition coefficient (Wildman–Crippen LogP) is 2.53. The number of nitro groups is 1. The summed E-state index contributed by atoms with van der Waals surface area (Å²) in [4.78, 5) is 14.3. The zero-order valence-corrected chi connectivity index (χ0v) is 15.1. The van der Waals surface area contributed by atoms with Gasteiger partial charge in [-0.1, -0.05) is 6.07 Å². The maximum absolute atomic E-state index is 12.9. The molecule has 0 unspecified atom stereocenters. The third-order valence-corrected chi connectivity index (χ3v) is 6.38. The van der Waals surface area contributed by atoms with Gasteiger partial charge in [-0.2, -0.15) is 4.31 Å². The molecule has 2 heterocycles. The number of aryl methyl sites for hydroxylation is 1. The summed E-state index contributed by atoms with van der Waals surface area (Å²) in [6, 6.07) is 7.48. The van der Waals surface area contributed by atoms with E-state index in [0.717, 1.165) is 6.07 Å². The van der Waals surface area contributed by atoms with Gasteiger partial charge in [0.25, 0.3) is 5.69 Å². The predicted molar refractivity (Wildman–Crippen MR) is 94.5 cm³/mol. The summed E-state index contributed by atoms with van der Waals surface area (Å²) < 4.78 is 33.0. The fourth-order valence-electron chi connectivity index (χ4n) is 2.92. The molecule has 1 fully saturated rings. The number of aromatic nitrogens is 1. The van der Waals surface area contributed by atoms with Crippen molar-refractivity contribution in [3.05, 3.63) is 58.4 Å². The van der Waals surface area contributed by atoms with E-state index in [1.54, 1.807) is 25.4 Å². The first-order chi connectivity index (χ1) is 12.4. The van der Waals surface area contributed by atoms with Gasteiger partial charge in [-0.25, -0.2) is 8.42 Å². The van der Waals surface area contributed by atoms with Gasteiger partial charge in [0.05, 0.1) is 16.0 Å². The van der Waals surface area contributed by atoms with Gasteiger partial charge >= 0.3 is 0 Å². The highest BCUT2D eigenvalue weighted by Gasteiger charge is 2.32. The van der Waals surface area contributed by atoms with Gasteiger partial charge in [0.15, 0.2) is 0 Å². The monoisotopic (exact) mass is 377 g/mol. The molecule has 0 bridgehead atoms. The minimum atomic E-state index is -3.78. The van der Waals surface area contributed by atoms with Crippen molar-refractivity contribution in [2.75, 3.05) is 13.1 Å². The van der Waals surface area contributed by atoms with Crippen LogP contribution in [0.5, 0.6) is 5.75 Å². The second kappa shape index (κ2) is 7.38. The highest BCUT2D eigenvalue weighted by Crippen LogP contribution is 2.27. The number of hydrogen-bond donors (Lipinski definition) is 0. The lowest BCUT2D eigenvalue weighted by atomic mass is 10.1. The summed E-state index contributed by atoms with van der Waals surface area (Å²) in [5.74, 6) is 0.656. The van der Waals surface area contributed by atoms with Crippen molar-refractivity contribution in [1.29, 1.82) is 0 Å². The Morgan fingerprint density at radius 2 is 2.00 bits per heavy atom. The Morgan fingerprint density at radius 1 is 1.27 bits per heavy atom. The molecule has 0 saturated carbocycles. The molecular formula is C17H19N3O5S. The van der Waals surface area contributed by atoms with E-state index in [0.29, 0.717) is 37.2 Å². The molecule has 0 aliphatic carbocycles. The fourth-order valence-corrected chi connectivity index (χ4v) is 4.63. The van der Waals surface area contributed by atoms with Crippen LogP contribution in [0, 0.1) is 17.0 Å². The smallest absolute Gasteiger partial charge is 0.270 e. The van der Waals surface area contributed by atoms with Gasteiger partial charge in [-0.15, -0.1) is 0 Å². The maximum atomic E-state index is 12.9. The molecule has 2 aromatic rings. The highest BCUT2D eigenvalue weighted by molar-refractivity contribution is 7.89. The van der Waals surface area contributed by atoms with Gasteiger partial charge in [0.2, 0.25) is 10.0 Å². The largest absolute Gasteiger partial charge is 0.489 e. The third-order valence-electron chi connectivity index (χ3n) is 4.34. The number of non-ortho nitro benzene ring substituents is 1. The van der Waals surface area contributed by atoms with E-state index in [4.69, 9.17) is 4.74 Å². The Morgan fingerprint density at radius 3 is 2.62 bits per heavy atom. The number of ether oxygens (including phenoxy) is 1. The van der Waals surface area contributed by atoms with Crippen molar-refractivity contribution in [1.82, 2.24) is 9.29 Å². The Balaban J connectivity index is 1.72. The maximum Gasteiger partial charge on any atom is 0.270 e. The second-order valence-corrected chi connectivity index (χ2v) is 8.02. The number of nitro benzene ring substituents is 1. The van der Waals surface area contributed by atoms with E-state index in [1.807, 2.05) is 6.07 Å². The number of pyridine rings is 1. The van der Waals surface area contributed by atoms with Crippen LogP contribution in [0.4, 0.5) is 5.69 Å². The number of piperidine rings is 1. The molecule has 1 aromatic heterocycles. The Labute approximate surface area is 151 Å². The average molecular weight is 377 g/mol. The topological polar surface area (TPSA) is 103 Å². The van der Waals surface area contributed by atoms with E-state index in [2.05, 4.69) is 4.98 Å². The third kappa shape index (κ3) is 3.83. The van der Waals surface area contributed by atoms with Gasteiger partial charge in [0.1, 0.15) is 11.9 Å². The van der Waals surface area contributed by atoms with Crippen LogP contribution in [0.2, 0.25) is 0 Å². The molecule has 8 nitrogen and oxygen atoms in total. The van der Waals surface area contributed by atoms with Crippen molar-refractivity contribution < 1.29 is 18.1 Å². The van der Waals surface area contributed by atoms with Gasteiger partial charge < -0.3 is 4.74 Å². The van der Waals surface area contributed by atoms with Gasteiger partial charge in [-0.05, 0) is 37.5 Å². The first-order valence-electron chi connectivity index (χ1n) is 8.20. The summed E-state index contributed by atoms with van der Waals surface area (Å²) >= 11 is 0. The van der Waals surface area contributed by atoms with Crippen LogP contribution in [-0.2, 0) is 10.0 Å². The van der Waals surface area contributed by atoms with Crippen LogP contribution in [-0.4, -0.2) is 41.8 Å². The second-order valence-electron chi connectivity index (χ2n) is 6.12. The molecule has 0 amide bonds. The summed E-state index contributed by atoms with van der Waals surface area (Å²) in [5, 5.41) is 11.0. The van der Waals surface area contributed by atoms with Crippen LogP contribution >= 0.6 is 0 Å². The van der Waals surface area contributed by atoms with Crippen LogP contribution in [0.15, 0.2) is 47.6 Å². The highest BCUT2D eigenvalue weighted by atomic mass is 32.2. The Kier molecular flexibility index (Phi) is 5.19. The van der Waals surface area contributed by atoms with Crippen molar-refractivity contribution in [3.8, 4) is 5.75 Å². The number of nitrogens with zero attached hydrogens (tertiary/aromatic N) is 3. The van der Waals surface area contributed by atoms with Crippen molar-refractivity contribution in [2.24, 2.45) is 0 Å². The molecule has 0 radical (unpaired) electrons. The molecule has 1 aliphatic rings. The summed E-state index contributed by atoms with van der Waals surface area (Å²) in [7, 11) is -3.78. The molecular weight excluding hydrogens is 358 g/mol. The van der Waals surface area contributed by atoms with E-state index >= 15 is 0 Å². The molecule has 138 valence electrons. The number of hydrogen-bond acceptors (Lipinski definition) is 6. The van der Waals surface area contributed by atoms with E-state index in [9.17, 15) is 18.5 Å². The zero-order chi connectivity index (χ0) is 18.7. The molecule has 0 spiro atoms. The lowest BCUT2D eigenvalue weighted by molar-refractivity contribution is -0.385. The molecule has 3 rings (SSSR count). The Bertz CT molecular complexity index is 894. The molecule has 1 aliphatic heterocycles. The average Bonchev–Trinajstić information content (AvgIpc) is 2.63. The van der Waals surface area contributed by atoms with Crippen molar-refractivity contribution >= 4 is 15.7 Å². The number of sulfonamides is 1. The number of benzene rings is 1. The molecule has 0 atom stereocenters. The summed E-state index contributed by atoms with van der Waals surface area (Å²) in [6.45, 7) is 2.24. The molecule has 26 heavy (non-hydrogen) atoms. The van der Waals surface area contributed by atoms with Crippen LogP contribution in [0.3, 0.4) is 0 Å². The molecule has 0 N–H and O–H groups in total. The zero-order valence-electron chi connectivity index (χ0n) is 14.2. The molecule has 1 aromatic carbocycles. The normalized spacial score (nSPS) is 16.3. The van der Waals surface area contributed by atoms with Crippen molar-refractivity contribution in [2.45, 2.75) is 30.8 Å². The number of rotatable bonds is 5. The van der Waals surface area contributed by atoms with Gasteiger partial charge in [0, 0.05) is 31.4 Å². The summed E-state index contributed by atoms with van der Waals surface area (Å²) in [5.41, 5.74) is 0.258.